The Balaban J connectivity index is 1.51. The van der Waals surface area contributed by atoms with Gasteiger partial charge in [-0.15, -0.1) is 0 Å². The largest absolute Gasteiger partial charge is 0.335 e. The molecule has 4 rings (SSSR count). The first-order chi connectivity index (χ1) is 11.9. The maximum Gasteiger partial charge on any atom is 0.255 e. The topological polar surface area (TPSA) is 70.6 Å². The van der Waals surface area contributed by atoms with Crippen molar-refractivity contribution in [3.05, 3.63) is 29.6 Å². The van der Waals surface area contributed by atoms with E-state index in [1.807, 2.05) is 13.0 Å². The Morgan fingerprint density at radius 3 is 2.72 bits per heavy atom. The Hall–Kier alpha value is -1.47. The summed E-state index contributed by atoms with van der Waals surface area (Å²) in [6.45, 7) is 5.55. The second-order valence-electron chi connectivity index (χ2n) is 7.73. The van der Waals surface area contributed by atoms with Gasteiger partial charge < -0.3 is 9.80 Å². The molecule has 4 heterocycles. The minimum Gasteiger partial charge on any atom is -0.335 e. The zero-order valence-electron chi connectivity index (χ0n) is 14.6. The van der Waals surface area contributed by atoms with Crippen molar-refractivity contribution >= 4 is 15.7 Å². The van der Waals surface area contributed by atoms with E-state index < -0.39 is 14.6 Å². The number of pyridine rings is 1. The lowest BCUT2D eigenvalue weighted by Gasteiger charge is -2.50. The molecule has 7 heteroatoms. The minimum atomic E-state index is -3.14. The fourth-order valence-electron chi connectivity index (χ4n) is 4.61. The maximum absolute atomic E-state index is 12.8. The molecule has 1 spiro atoms. The molecule has 1 unspecified atom stereocenters. The molecule has 6 nitrogen and oxygen atoms in total. The summed E-state index contributed by atoms with van der Waals surface area (Å²) in [4.78, 5) is 20.8. The first kappa shape index (κ1) is 17.0. The lowest BCUT2D eigenvalue weighted by molar-refractivity contribution is 0.0432. The molecule has 25 heavy (non-hydrogen) atoms. The van der Waals surface area contributed by atoms with Gasteiger partial charge in [0.1, 0.15) is 4.75 Å². The maximum atomic E-state index is 12.8. The Morgan fingerprint density at radius 2 is 2.04 bits per heavy atom. The third-order valence-corrected chi connectivity index (χ3v) is 8.85. The molecule has 1 aromatic heterocycles. The van der Waals surface area contributed by atoms with Crippen LogP contribution in [0.3, 0.4) is 0 Å². The molecule has 0 radical (unpaired) electrons. The van der Waals surface area contributed by atoms with Crippen molar-refractivity contribution < 1.29 is 13.2 Å². The van der Waals surface area contributed by atoms with Gasteiger partial charge in [0, 0.05) is 32.0 Å². The van der Waals surface area contributed by atoms with Crippen molar-refractivity contribution in [2.24, 2.45) is 5.92 Å². The van der Waals surface area contributed by atoms with Gasteiger partial charge in [-0.1, -0.05) is 0 Å². The summed E-state index contributed by atoms with van der Waals surface area (Å²) < 4.78 is 24.8. The number of rotatable bonds is 3. The third-order valence-electron chi connectivity index (χ3n) is 6.25. The fourth-order valence-corrected chi connectivity index (χ4v) is 7.02. The lowest BCUT2D eigenvalue weighted by Crippen LogP contribution is -2.69. The van der Waals surface area contributed by atoms with Crippen LogP contribution in [0, 0.1) is 12.8 Å². The molecule has 0 aliphatic carbocycles. The van der Waals surface area contributed by atoms with Crippen LogP contribution in [-0.2, 0) is 9.84 Å². The molecule has 3 saturated heterocycles. The highest BCUT2D eigenvalue weighted by molar-refractivity contribution is 7.93. The molecule has 1 atom stereocenters. The van der Waals surface area contributed by atoms with Gasteiger partial charge in [0.25, 0.3) is 5.91 Å². The number of hydrogen-bond acceptors (Lipinski definition) is 5. The molecule has 1 amide bonds. The molecular weight excluding hydrogens is 338 g/mol. The second-order valence-corrected chi connectivity index (χ2v) is 10.2. The van der Waals surface area contributed by atoms with Crippen molar-refractivity contribution in [3.63, 3.8) is 0 Å². The highest BCUT2D eigenvalue weighted by Crippen LogP contribution is 2.45. The quantitative estimate of drug-likeness (QED) is 0.805. The van der Waals surface area contributed by atoms with Gasteiger partial charge in [-0.25, -0.2) is 8.42 Å². The summed E-state index contributed by atoms with van der Waals surface area (Å²) in [5, 5.41) is 0. The van der Waals surface area contributed by atoms with Gasteiger partial charge in [0.2, 0.25) is 0 Å². The van der Waals surface area contributed by atoms with Crippen LogP contribution in [-0.4, -0.2) is 72.3 Å². The number of amides is 1. The first-order valence-corrected chi connectivity index (χ1v) is 10.7. The van der Waals surface area contributed by atoms with Crippen LogP contribution in [0.15, 0.2) is 18.5 Å². The highest BCUT2D eigenvalue weighted by Gasteiger charge is 2.62. The van der Waals surface area contributed by atoms with E-state index in [-0.39, 0.29) is 17.6 Å². The van der Waals surface area contributed by atoms with Crippen molar-refractivity contribution in [1.82, 2.24) is 14.8 Å². The SMILES string of the molecule is Cc1ccncc1C(=O)N1CC2(C1)C(CN1CCCC1)CCS2(=O)=O. The second kappa shape index (κ2) is 6.06. The monoisotopic (exact) mass is 363 g/mol. The standard InChI is InChI=1S/C18H25N3O3S/c1-14-4-6-19-10-16(14)17(22)21-12-18(13-21)15(5-9-25(18,23)24)11-20-7-2-3-8-20/h4,6,10,15H,2-3,5,7-9,11-13H2,1H3. The molecule has 3 aliphatic rings. The van der Waals surface area contributed by atoms with Crippen molar-refractivity contribution in [2.75, 3.05) is 38.5 Å². The zero-order valence-corrected chi connectivity index (χ0v) is 15.5. The van der Waals surface area contributed by atoms with Crippen LogP contribution in [0.25, 0.3) is 0 Å². The third kappa shape index (κ3) is 2.68. The van der Waals surface area contributed by atoms with E-state index in [2.05, 4.69) is 9.88 Å². The van der Waals surface area contributed by atoms with E-state index in [4.69, 9.17) is 0 Å². The molecule has 0 saturated carbocycles. The Morgan fingerprint density at radius 1 is 1.32 bits per heavy atom. The van der Waals surface area contributed by atoms with Gasteiger partial charge in [-0.2, -0.15) is 0 Å². The summed E-state index contributed by atoms with van der Waals surface area (Å²) in [5.74, 6) is 0.312. The lowest BCUT2D eigenvalue weighted by atomic mass is 9.82. The average Bonchev–Trinajstić information content (AvgIpc) is 3.12. The predicted octanol–water partition coefficient (Wildman–Crippen LogP) is 1.12. The Labute approximate surface area is 149 Å². The summed E-state index contributed by atoms with van der Waals surface area (Å²) >= 11 is 0. The van der Waals surface area contributed by atoms with Gasteiger partial charge in [-0.3, -0.25) is 9.78 Å². The van der Waals surface area contributed by atoms with Crippen LogP contribution in [0.4, 0.5) is 0 Å². The van der Waals surface area contributed by atoms with Gasteiger partial charge in [0.15, 0.2) is 9.84 Å². The van der Waals surface area contributed by atoms with Crippen molar-refractivity contribution in [3.8, 4) is 0 Å². The summed E-state index contributed by atoms with van der Waals surface area (Å²) in [7, 11) is -3.14. The van der Waals surface area contributed by atoms with E-state index in [1.165, 1.54) is 12.8 Å². The minimum absolute atomic E-state index is 0.0988. The van der Waals surface area contributed by atoms with Gasteiger partial charge in [0.05, 0.1) is 11.3 Å². The zero-order chi connectivity index (χ0) is 17.7. The number of carbonyl (C=O) groups is 1. The molecule has 3 aliphatic heterocycles. The van der Waals surface area contributed by atoms with Crippen molar-refractivity contribution in [2.45, 2.75) is 30.9 Å². The Kier molecular flexibility index (Phi) is 4.11. The summed E-state index contributed by atoms with van der Waals surface area (Å²) in [5.41, 5.74) is 1.45. The van der Waals surface area contributed by atoms with E-state index >= 15 is 0 Å². The van der Waals surface area contributed by atoms with Crippen LogP contribution in [0.5, 0.6) is 0 Å². The number of aryl methyl sites for hydroxylation is 1. The molecule has 0 aromatic carbocycles. The number of carbonyl (C=O) groups excluding carboxylic acids is 1. The molecule has 0 N–H and O–H groups in total. The fraction of sp³-hybridized carbons (Fsp3) is 0.667. The number of sulfone groups is 1. The summed E-state index contributed by atoms with van der Waals surface area (Å²) in [6, 6.07) is 1.81. The molecule has 0 bridgehead atoms. The number of aromatic nitrogens is 1. The van der Waals surface area contributed by atoms with Crippen LogP contribution in [0.1, 0.15) is 35.2 Å². The van der Waals surface area contributed by atoms with E-state index in [9.17, 15) is 13.2 Å². The van der Waals surface area contributed by atoms with E-state index in [0.29, 0.717) is 18.7 Å². The number of likely N-dealkylation sites (tertiary alicyclic amines) is 2. The first-order valence-electron chi connectivity index (χ1n) is 9.07. The van der Waals surface area contributed by atoms with E-state index in [0.717, 1.165) is 31.6 Å². The van der Waals surface area contributed by atoms with Crippen molar-refractivity contribution in [1.29, 1.82) is 0 Å². The molecule has 3 fully saturated rings. The number of nitrogens with zero attached hydrogens (tertiary/aromatic N) is 3. The molecule has 136 valence electrons. The normalized spacial score (nSPS) is 27.6. The van der Waals surface area contributed by atoms with Gasteiger partial charge in [-0.05, 0) is 56.8 Å². The van der Waals surface area contributed by atoms with Gasteiger partial charge >= 0.3 is 0 Å². The smallest absolute Gasteiger partial charge is 0.255 e. The average molecular weight is 363 g/mol. The predicted molar refractivity (Wildman–Crippen MR) is 95.2 cm³/mol. The molecular formula is C18H25N3O3S. The van der Waals surface area contributed by atoms with Crippen LogP contribution in [0.2, 0.25) is 0 Å². The van der Waals surface area contributed by atoms with E-state index in [1.54, 1.807) is 17.3 Å². The van der Waals surface area contributed by atoms with Crippen LogP contribution >= 0.6 is 0 Å². The summed E-state index contributed by atoms with van der Waals surface area (Å²) in [6.07, 6.45) is 6.38. The molecule has 1 aromatic rings. The number of hydrogen-bond donors (Lipinski definition) is 0. The highest BCUT2D eigenvalue weighted by atomic mass is 32.2. The van der Waals surface area contributed by atoms with Crippen LogP contribution < -0.4 is 0 Å². The Bertz CT molecular complexity index is 781.